The lowest BCUT2D eigenvalue weighted by molar-refractivity contribution is -0.110. The number of hydrogen-bond donors (Lipinski definition) is 2. The van der Waals surface area contributed by atoms with Gasteiger partial charge in [0.2, 0.25) is 0 Å². The van der Waals surface area contributed by atoms with E-state index in [1.165, 1.54) is 6.08 Å². The highest BCUT2D eigenvalue weighted by Gasteiger charge is 2.29. The van der Waals surface area contributed by atoms with Crippen LogP contribution in [0.1, 0.15) is 12.8 Å². The summed E-state index contributed by atoms with van der Waals surface area (Å²) in [5, 5.41) is 0. The molecule has 0 aromatic rings. The zero-order chi connectivity index (χ0) is 10.8. The Morgan fingerprint density at radius 1 is 1.57 bits per heavy atom. The smallest absolute Gasteiger partial charge is 0.290 e. The van der Waals surface area contributed by atoms with Gasteiger partial charge in [0.05, 0.1) is 4.91 Å². The van der Waals surface area contributed by atoms with E-state index in [-0.39, 0.29) is 17.4 Å². The van der Waals surface area contributed by atoms with Crippen molar-refractivity contribution in [3.05, 3.63) is 11.0 Å². The molecule has 0 heterocycles. The van der Waals surface area contributed by atoms with Crippen LogP contribution >= 0.6 is 0 Å². The van der Waals surface area contributed by atoms with Gasteiger partial charge in [-0.3, -0.25) is 4.55 Å². The van der Waals surface area contributed by atoms with Crippen molar-refractivity contribution in [1.82, 2.24) is 0 Å². The molecule has 5 nitrogen and oxygen atoms in total. The Hall–Kier alpha value is -0.720. The van der Waals surface area contributed by atoms with Crippen molar-refractivity contribution in [2.24, 2.45) is 17.6 Å². The van der Waals surface area contributed by atoms with Crippen LogP contribution in [0.2, 0.25) is 0 Å². The fourth-order valence-electron chi connectivity index (χ4n) is 1.60. The molecule has 0 saturated carbocycles. The van der Waals surface area contributed by atoms with E-state index in [0.29, 0.717) is 19.1 Å². The first-order chi connectivity index (χ1) is 6.49. The Labute approximate surface area is 82.7 Å². The van der Waals surface area contributed by atoms with E-state index in [1.807, 2.05) is 0 Å². The highest BCUT2D eigenvalue weighted by Crippen LogP contribution is 2.29. The zero-order valence-corrected chi connectivity index (χ0v) is 8.40. The molecular formula is C8H13NO4S. The van der Waals surface area contributed by atoms with Gasteiger partial charge in [-0.1, -0.05) is 6.08 Å². The third-order valence-electron chi connectivity index (χ3n) is 2.39. The van der Waals surface area contributed by atoms with E-state index in [1.54, 1.807) is 0 Å². The Morgan fingerprint density at radius 2 is 2.21 bits per heavy atom. The topological polar surface area (TPSA) is 97.5 Å². The molecule has 0 amide bonds. The van der Waals surface area contributed by atoms with Crippen LogP contribution in [0.5, 0.6) is 0 Å². The minimum absolute atomic E-state index is 0.108. The first kappa shape index (κ1) is 11.4. The minimum atomic E-state index is -4.21. The van der Waals surface area contributed by atoms with E-state index in [2.05, 4.69) is 0 Å². The first-order valence-electron chi connectivity index (χ1n) is 4.33. The van der Waals surface area contributed by atoms with Gasteiger partial charge in [0.1, 0.15) is 6.29 Å². The van der Waals surface area contributed by atoms with Crippen molar-refractivity contribution in [3.63, 3.8) is 0 Å². The molecule has 1 rings (SSSR count). The minimum Gasteiger partial charge on any atom is -0.330 e. The second-order valence-corrected chi connectivity index (χ2v) is 4.78. The maximum atomic E-state index is 10.9. The summed E-state index contributed by atoms with van der Waals surface area (Å²) in [5.74, 6) is -0.782. The Balaban J connectivity index is 3.05. The SMILES string of the molecule is NCC1CCC(C=O)C=C1S(=O)(=O)O. The van der Waals surface area contributed by atoms with E-state index in [9.17, 15) is 13.2 Å². The molecule has 2 atom stereocenters. The Bertz CT molecular complexity index is 346. The molecule has 3 N–H and O–H groups in total. The molecule has 80 valence electrons. The largest absolute Gasteiger partial charge is 0.330 e. The highest BCUT2D eigenvalue weighted by molar-refractivity contribution is 7.89. The van der Waals surface area contributed by atoms with Gasteiger partial charge in [-0.25, -0.2) is 0 Å². The van der Waals surface area contributed by atoms with Crippen LogP contribution in [0.4, 0.5) is 0 Å². The van der Waals surface area contributed by atoms with Crippen molar-refractivity contribution in [2.45, 2.75) is 12.8 Å². The number of hydrogen-bond acceptors (Lipinski definition) is 4. The highest BCUT2D eigenvalue weighted by atomic mass is 32.2. The van der Waals surface area contributed by atoms with Gasteiger partial charge >= 0.3 is 0 Å². The average Bonchev–Trinajstić information content (AvgIpc) is 2.15. The number of nitrogens with two attached hydrogens (primary N) is 1. The maximum Gasteiger partial charge on any atom is 0.290 e. The predicted octanol–water partition coefficient (Wildman–Crippen LogP) is -0.0581. The molecule has 1 aliphatic carbocycles. The van der Waals surface area contributed by atoms with E-state index in [4.69, 9.17) is 10.3 Å². The summed E-state index contributed by atoms with van der Waals surface area (Å²) in [5.41, 5.74) is 5.37. The molecule has 1 aliphatic rings. The fourth-order valence-corrected chi connectivity index (χ4v) is 2.59. The summed E-state index contributed by atoms with van der Waals surface area (Å²) in [6.07, 6.45) is 3.08. The Morgan fingerprint density at radius 3 is 2.64 bits per heavy atom. The van der Waals surface area contributed by atoms with Crippen LogP contribution in [0.25, 0.3) is 0 Å². The van der Waals surface area contributed by atoms with E-state index >= 15 is 0 Å². The lowest BCUT2D eigenvalue weighted by Crippen LogP contribution is -2.26. The summed E-state index contributed by atoms with van der Waals surface area (Å²) in [4.78, 5) is 10.4. The molecule has 0 aromatic heterocycles. The number of aldehydes is 1. The van der Waals surface area contributed by atoms with Crippen molar-refractivity contribution >= 4 is 16.4 Å². The van der Waals surface area contributed by atoms with Crippen molar-refractivity contribution < 1.29 is 17.8 Å². The molecule has 0 aromatic carbocycles. The van der Waals surface area contributed by atoms with Crippen LogP contribution in [-0.4, -0.2) is 25.8 Å². The van der Waals surface area contributed by atoms with E-state index in [0.717, 1.165) is 0 Å². The van der Waals surface area contributed by atoms with Gasteiger partial charge in [-0.2, -0.15) is 8.42 Å². The second-order valence-electron chi connectivity index (χ2n) is 3.35. The van der Waals surface area contributed by atoms with Crippen molar-refractivity contribution in [2.75, 3.05) is 6.54 Å². The lowest BCUT2D eigenvalue weighted by atomic mass is 9.89. The van der Waals surface area contributed by atoms with Gasteiger partial charge in [0.15, 0.2) is 0 Å². The fraction of sp³-hybridized carbons (Fsp3) is 0.625. The van der Waals surface area contributed by atoms with Crippen LogP contribution < -0.4 is 5.73 Å². The Kier molecular flexibility index (Phi) is 3.41. The molecular weight excluding hydrogens is 206 g/mol. The molecule has 0 fully saturated rings. The van der Waals surface area contributed by atoms with Gasteiger partial charge in [0, 0.05) is 11.8 Å². The van der Waals surface area contributed by atoms with Gasteiger partial charge in [0.25, 0.3) is 10.1 Å². The molecule has 14 heavy (non-hydrogen) atoms. The van der Waals surface area contributed by atoms with Gasteiger partial charge in [-0.15, -0.1) is 0 Å². The maximum absolute atomic E-state index is 10.9. The van der Waals surface area contributed by atoms with Crippen LogP contribution in [0.3, 0.4) is 0 Å². The monoisotopic (exact) mass is 219 g/mol. The quantitative estimate of drug-likeness (QED) is 0.512. The van der Waals surface area contributed by atoms with Gasteiger partial charge < -0.3 is 10.5 Å². The summed E-state index contributed by atoms with van der Waals surface area (Å²) >= 11 is 0. The number of allylic oxidation sites excluding steroid dienone is 1. The summed E-state index contributed by atoms with van der Waals surface area (Å²) in [7, 11) is -4.21. The molecule has 6 heteroatoms. The van der Waals surface area contributed by atoms with Crippen LogP contribution in [-0.2, 0) is 14.9 Å². The molecule has 0 bridgehead atoms. The number of carbonyl (C=O) groups excluding carboxylic acids is 1. The normalized spacial score (nSPS) is 28.3. The standard InChI is InChI=1S/C8H13NO4S/c9-4-7-2-1-6(5-10)3-8(7)14(11,12)13/h3,5-7H,1-2,4,9H2,(H,11,12,13). The van der Waals surface area contributed by atoms with E-state index < -0.39 is 16.0 Å². The number of carbonyl (C=O) groups is 1. The summed E-state index contributed by atoms with van der Waals surface area (Å²) in [6.45, 7) is 0.164. The third-order valence-corrected chi connectivity index (χ3v) is 3.45. The number of rotatable bonds is 3. The first-order valence-corrected chi connectivity index (χ1v) is 5.77. The molecule has 0 spiro atoms. The third kappa shape index (κ3) is 2.40. The van der Waals surface area contributed by atoms with Gasteiger partial charge in [-0.05, 0) is 19.4 Å². The van der Waals surface area contributed by atoms with Crippen LogP contribution in [0.15, 0.2) is 11.0 Å². The zero-order valence-electron chi connectivity index (χ0n) is 7.59. The predicted molar refractivity (Wildman–Crippen MR) is 51.0 cm³/mol. The molecule has 0 radical (unpaired) electrons. The molecule has 0 saturated heterocycles. The van der Waals surface area contributed by atoms with Crippen molar-refractivity contribution in [1.29, 1.82) is 0 Å². The lowest BCUT2D eigenvalue weighted by Gasteiger charge is -2.23. The average molecular weight is 219 g/mol. The summed E-state index contributed by atoms with van der Waals surface area (Å²) in [6, 6.07) is 0. The molecule has 2 unspecified atom stereocenters. The van der Waals surface area contributed by atoms with Crippen molar-refractivity contribution in [3.8, 4) is 0 Å². The second kappa shape index (κ2) is 4.20. The summed E-state index contributed by atoms with van der Waals surface area (Å²) < 4.78 is 30.8. The molecule has 0 aliphatic heterocycles. The van der Waals surface area contributed by atoms with Crippen LogP contribution in [0, 0.1) is 11.8 Å².